The van der Waals surface area contributed by atoms with Gasteiger partial charge in [0.2, 0.25) is 0 Å². The molecule has 3 aromatic rings. The molecule has 4 heteroatoms. The van der Waals surface area contributed by atoms with Crippen molar-refractivity contribution in [2.24, 2.45) is 0 Å². The van der Waals surface area contributed by atoms with Crippen LogP contribution in [-0.2, 0) is 4.79 Å². The zero-order valence-corrected chi connectivity index (χ0v) is 14.5. The Labute approximate surface area is 157 Å². The first kappa shape index (κ1) is 16.7. The number of amides is 1. The maximum atomic E-state index is 12.6. The highest BCUT2D eigenvalue weighted by atomic mass is 16.5. The largest absolute Gasteiger partial charge is 0.464 e. The number of hydrogen-bond acceptors (Lipinski definition) is 3. The maximum Gasteiger partial charge on any atom is 0.255 e. The molecule has 0 unspecified atom stereocenters. The molecule has 1 aliphatic heterocycles. The number of benzene rings is 3. The summed E-state index contributed by atoms with van der Waals surface area (Å²) < 4.78 is 11.3. The minimum absolute atomic E-state index is 0.205. The van der Waals surface area contributed by atoms with Crippen LogP contribution in [0, 0.1) is 0 Å². The highest BCUT2D eigenvalue weighted by molar-refractivity contribution is 6.09. The van der Waals surface area contributed by atoms with Crippen LogP contribution in [-0.4, -0.2) is 5.91 Å². The predicted octanol–water partition coefficient (Wildman–Crippen LogP) is 5.41. The van der Waals surface area contributed by atoms with Gasteiger partial charge in [0.1, 0.15) is 17.2 Å². The highest BCUT2D eigenvalue weighted by Gasteiger charge is 2.12. The highest BCUT2D eigenvalue weighted by Crippen LogP contribution is 2.26. The van der Waals surface area contributed by atoms with E-state index < -0.39 is 0 Å². The molecule has 0 aromatic heterocycles. The topological polar surface area (TPSA) is 47.6 Å². The standard InChI is InChI=1S/C23H17NO3/c25-23(18-14-15-26-22-9-5-4-6-17(22)16-18)24-19-10-12-21(13-11-19)27-20-7-2-1-3-8-20/h1-16H,(H,24,25). The minimum atomic E-state index is -0.205. The van der Waals surface area contributed by atoms with Gasteiger partial charge in [0, 0.05) is 16.8 Å². The maximum absolute atomic E-state index is 12.6. The lowest BCUT2D eigenvalue weighted by Gasteiger charge is -2.08. The van der Waals surface area contributed by atoms with Crippen LogP contribution < -0.4 is 14.8 Å². The van der Waals surface area contributed by atoms with Crippen molar-refractivity contribution in [2.45, 2.75) is 0 Å². The van der Waals surface area contributed by atoms with Crippen molar-refractivity contribution >= 4 is 17.7 Å². The Hall–Kier alpha value is -3.79. The molecule has 0 saturated heterocycles. The molecule has 4 nitrogen and oxygen atoms in total. The Morgan fingerprint density at radius 2 is 1.52 bits per heavy atom. The van der Waals surface area contributed by atoms with E-state index in [2.05, 4.69) is 5.32 Å². The van der Waals surface area contributed by atoms with Gasteiger partial charge in [-0.1, -0.05) is 36.4 Å². The lowest BCUT2D eigenvalue weighted by atomic mass is 10.1. The Morgan fingerprint density at radius 3 is 2.33 bits per heavy atom. The summed E-state index contributed by atoms with van der Waals surface area (Å²) in [5.41, 5.74) is 2.07. The summed E-state index contributed by atoms with van der Waals surface area (Å²) in [6, 6.07) is 24.4. The molecule has 0 saturated carbocycles. The molecule has 0 radical (unpaired) electrons. The summed E-state index contributed by atoms with van der Waals surface area (Å²) in [5, 5.41) is 2.89. The first-order chi connectivity index (χ1) is 13.3. The second-order valence-electron chi connectivity index (χ2n) is 5.95. The number of anilines is 1. The van der Waals surface area contributed by atoms with E-state index in [0.717, 1.165) is 17.1 Å². The molecule has 4 rings (SSSR count). The van der Waals surface area contributed by atoms with Gasteiger partial charge in [-0.3, -0.25) is 4.79 Å². The third-order valence-electron chi connectivity index (χ3n) is 4.03. The van der Waals surface area contributed by atoms with Crippen molar-refractivity contribution < 1.29 is 14.3 Å². The summed E-state index contributed by atoms with van der Waals surface area (Å²) in [5.74, 6) is 1.99. The number of nitrogens with one attached hydrogen (secondary N) is 1. The third kappa shape index (κ3) is 4.07. The average Bonchev–Trinajstić information content (AvgIpc) is 2.93. The van der Waals surface area contributed by atoms with Crippen LogP contribution in [0.3, 0.4) is 0 Å². The van der Waals surface area contributed by atoms with Crippen molar-refractivity contribution in [1.82, 2.24) is 0 Å². The second-order valence-corrected chi connectivity index (χ2v) is 5.95. The van der Waals surface area contributed by atoms with Gasteiger partial charge in [0.05, 0.1) is 6.26 Å². The van der Waals surface area contributed by atoms with E-state index in [4.69, 9.17) is 9.47 Å². The number of carbonyl (C=O) groups excluding carboxylic acids is 1. The Balaban J connectivity index is 1.46. The molecule has 1 N–H and O–H groups in total. The van der Waals surface area contributed by atoms with Crippen LogP contribution in [0.25, 0.3) is 6.08 Å². The zero-order valence-electron chi connectivity index (χ0n) is 14.5. The van der Waals surface area contributed by atoms with Crippen molar-refractivity contribution in [3.05, 3.63) is 102 Å². The molecule has 0 spiro atoms. The fourth-order valence-corrected chi connectivity index (χ4v) is 2.68. The number of rotatable bonds is 4. The van der Waals surface area contributed by atoms with Gasteiger partial charge < -0.3 is 14.8 Å². The van der Waals surface area contributed by atoms with E-state index in [9.17, 15) is 4.79 Å². The van der Waals surface area contributed by atoms with Crippen LogP contribution in [0.15, 0.2) is 96.8 Å². The lowest BCUT2D eigenvalue weighted by Crippen LogP contribution is -2.13. The second kappa shape index (κ2) is 7.62. The summed E-state index contributed by atoms with van der Waals surface area (Å²) in [6.45, 7) is 0. The summed E-state index contributed by atoms with van der Waals surface area (Å²) in [7, 11) is 0. The average molecular weight is 355 g/mol. The van der Waals surface area contributed by atoms with E-state index in [-0.39, 0.29) is 5.91 Å². The molecular formula is C23H17NO3. The predicted molar refractivity (Wildman–Crippen MR) is 106 cm³/mol. The normalized spacial score (nSPS) is 12.2. The van der Waals surface area contributed by atoms with Crippen LogP contribution in [0.2, 0.25) is 0 Å². The lowest BCUT2D eigenvalue weighted by molar-refractivity contribution is -0.112. The number of fused-ring (bicyclic) bond motifs is 1. The summed E-state index contributed by atoms with van der Waals surface area (Å²) in [6.07, 6.45) is 4.98. The van der Waals surface area contributed by atoms with Gasteiger partial charge in [0.15, 0.2) is 0 Å². The van der Waals surface area contributed by atoms with Crippen LogP contribution in [0.1, 0.15) is 5.56 Å². The molecule has 0 bridgehead atoms. The van der Waals surface area contributed by atoms with Crippen LogP contribution >= 0.6 is 0 Å². The van der Waals surface area contributed by atoms with Gasteiger partial charge in [-0.05, 0) is 54.6 Å². The Bertz CT molecular complexity index is 1010. The Morgan fingerprint density at radius 1 is 0.815 bits per heavy atom. The van der Waals surface area contributed by atoms with E-state index in [0.29, 0.717) is 17.0 Å². The number of hydrogen-bond donors (Lipinski definition) is 1. The molecule has 1 heterocycles. The Kier molecular flexibility index (Phi) is 4.70. The number of ether oxygens (including phenoxy) is 2. The van der Waals surface area contributed by atoms with Crippen molar-refractivity contribution in [3.63, 3.8) is 0 Å². The summed E-state index contributed by atoms with van der Waals surface area (Å²) in [4.78, 5) is 12.6. The SMILES string of the molecule is O=C(Nc1ccc(Oc2ccccc2)cc1)C1=Cc2ccccc2OC=C1. The zero-order chi connectivity index (χ0) is 18.5. The first-order valence-electron chi connectivity index (χ1n) is 8.56. The smallest absolute Gasteiger partial charge is 0.255 e. The van der Waals surface area contributed by atoms with Gasteiger partial charge in [-0.15, -0.1) is 0 Å². The molecular weight excluding hydrogens is 338 g/mol. The molecule has 3 aromatic carbocycles. The summed E-state index contributed by atoms with van der Waals surface area (Å²) >= 11 is 0. The minimum Gasteiger partial charge on any atom is -0.464 e. The molecule has 27 heavy (non-hydrogen) atoms. The molecule has 1 aliphatic rings. The van der Waals surface area contributed by atoms with Crippen molar-refractivity contribution in [2.75, 3.05) is 5.32 Å². The van der Waals surface area contributed by atoms with Gasteiger partial charge in [0.25, 0.3) is 5.91 Å². The van der Waals surface area contributed by atoms with E-state index in [1.807, 2.05) is 78.9 Å². The van der Waals surface area contributed by atoms with E-state index in [1.165, 1.54) is 6.26 Å². The number of para-hydroxylation sites is 2. The molecule has 132 valence electrons. The van der Waals surface area contributed by atoms with E-state index in [1.54, 1.807) is 12.2 Å². The fourth-order valence-electron chi connectivity index (χ4n) is 2.68. The quantitative estimate of drug-likeness (QED) is 0.681. The fraction of sp³-hybridized carbons (Fsp3) is 0. The molecule has 0 atom stereocenters. The molecule has 0 aliphatic carbocycles. The molecule has 1 amide bonds. The van der Waals surface area contributed by atoms with Gasteiger partial charge in [-0.2, -0.15) is 0 Å². The monoisotopic (exact) mass is 355 g/mol. The van der Waals surface area contributed by atoms with Crippen molar-refractivity contribution in [1.29, 1.82) is 0 Å². The van der Waals surface area contributed by atoms with Crippen LogP contribution in [0.5, 0.6) is 17.2 Å². The van der Waals surface area contributed by atoms with E-state index >= 15 is 0 Å². The van der Waals surface area contributed by atoms with Crippen LogP contribution in [0.4, 0.5) is 5.69 Å². The first-order valence-corrected chi connectivity index (χ1v) is 8.56. The molecule has 0 fully saturated rings. The number of carbonyl (C=O) groups is 1. The van der Waals surface area contributed by atoms with Gasteiger partial charge in [-0.25, -0.2) is 0 Å². The van der Waals surface area contributed by atoms with Crippen molar-refractivity contribution in [3.8, 4) is 17.2 Å². The van der Waals surface area contributed by atoms with Gasteiger partial charge >= 0.3 is 0 Å². The third-order valence-corrected chi connectivity index (χ3v) is 4.03.